The van der Waals surface area contributed by atoms with Gasteiger partial charge in [0.2, 0.25) is 0 Å². The Balaban J connectivity index is 1.85. The Morgan fingerprint density at radius 3 is 2.64 bits per heavy atom. The number of halogens is 1. The minimum atomic E-state index is -0.355. The van der Waals surface area contributed by atoms with E-state index in [1.807, 2.05) is 30.3 Å². The number of phenols is 2. The van der Waals surface area contributed by atoms with Crippen LogP contribution in [0.3, 0.4) is 0 Å². The van der Waals surface area contributed by atoms with Crippen molar-refractivity contribution in [2.75, 3.05) is 0 Å². The molecular weight excluding hydrogens is 322 g/mol. The zero-order chi connectivity index (χ0) is 15.9. The Morgan fingerprint density at radius 1 is 1.23 bits per heavy atom. The first kappa shape index (κ1) is 16.1. The van der Waals surface area contributed by atoms with Crippen molar-refractivity contribution in [1.29, 1.82) is 0 Å². The van der Waals surface area contributed by atoms with Crippen molar-refractivity contribution in [1.82, 2.24) is 10.7 Å². The molecule has 0 aromatic heterocycles. The fraction of sp³-hybridized carbons (Fsp3) is 0.0667. The summed E-state index contributed by atoms with van der Waals surface area (Å²) in [6, 6.07) is 12.6. The molecule has 0 aliphatic heterocycles. The van der Waals surface area contributed by atoms with Gasteiger partial charge in [-0.05, 0) is 35.5 Å². The molecule has 7 heteroatoms. The monoisotopic (exact) mass is 335 g/mol. The van der Waals surface area contributed by atoms with Crippen LogP contribution < -0.4 is 10.7 Å². The maximum Gasteiger partial charge on any atom is 0.187 e. The summed E-state index contributed by atoms with van der Waals surface area (Å²) in [4.78, 5) is 0. The van der Waals surface area contributed by atoms with Gasteiger partial charge in [0.25, 0.3) is 0 Å². The number of phenolic OH excluding ortho intramolecular Hbond substituents is 2. The maximum absolute atomic E-state index is 9.45. The molecule has 0 saturated heterocycles. The minimum Gasteiger partial charge on any atom is -0.504 e. The van der Waals surface area contributed by atoms with Gasteiger partial charge in [-0.2, -0.15) is 5.10 Å². The highest BCUT2D eigenvalue weighted by Crippen LogP contribution is 2.33. The van der Waals surface area contributed by atoms with E-state index in [0.717, 1.165) is 5.56 Å². The van der Waals surface area contributed by atoms with Gasteiger partial charge in [-0.1, -0.05) is 41.9 Å². The van der Waals surface area contributed by atoms with E-state index in [2.05, 4.69) is 15.8 Å². The van der Waals surface area contributed by atoms with Crippen molar-refractivity contribution in [3.05, 3.63) is 58.6 Å². The molecule has 2 rings (SSSR count). The van der Waals surface area contributed by atoms with Crippen LogP contribution in [0.25, 0.3) is 0 Å². The number of aromatic hydroxyl groups is 2. The average molecular weight is 336 g/mol. The van der Waals surface area contributed by atoms with E-state index in [4.69, 9.17) is 23.8 Å². The second-order valence-corrected chi connectivity index (χ2v) is 5.22. The molecule has 0 aliphatic carbocycles. The first-order chi connectivity index (χ1) is 10.6. The maximum atomic E-state index is 9.45. The van der Waals surface area contributed by atoms with E-state index >= 15 is 0 Å². The van der Waals surface area contributed by atoms with E-state index in [0.29, 0.717) is 17.2 Å². The van der Waals surface area contributed by atoms with Crippen LogP contribution in [0.1, 0.15) is 11.1 Å². The van der Waals surface area contributed by atoms with Crippen LogP contribution in [0, 0.1) is 0 Å². The first-order valence-corrected chi connectivity index (χ1v) is 7.17. The molecule has 0 spiro atoms. The number of hydrogen-bond acceptors (Lipinski definition) is 4. The second kappa shape index (κ2) is 7.63. The predicted molar refractivity (Wildman–Crippen MR) is 91.4 cm³/mol. The number of hydrazone groups is 1. The van der Waals surface area contributed by atoms with Gasteiger partial charge in [0.05, 0.1) is 11.2 Å². The molecule has 22 heavy (non-hydrogen) atoms. The normalized spacial score (nSPS) is 10.6. The predicted octanol–water partition coefficient (Wildman–Crippen LogP) is 2.75. The minimum absolute atomic E-state index is 0.0474. The molecular formula is C15H14ClN3O2S. The highest BCUT2D eigenvalue weighted by molar-refractivity contribution is 7.80. The number of hydrogen-bond donors (Lipinski definition) is 4. The van der Waals surface area contributed by atoms with Crippen molar-refractivity contribution >= 4 is 35.1 Å². The molecule has 0 atom stereocenters. The quantitative estimate of drug-likeness (QED) is 0.299. The fourth-order valence-corrected chi connectivity index (χ4v) is 2.01. The molecule has 4 N–H and O–H groups in total. The third kappa shape index (κ3) is 4.61. The Hall–Kier alpha value is -2.31. The Morgan fingerprint density at radius 2 is 1.95 bits per heavy atom. The third-order valence-electron chi connectivity index (χ3n) is 2.74. The highest BCUT2D eigenvalue weighted by atomic mass is 35.5. The molecule has 0 aliphatic rings. The molecule has 5 nitrogen and oxygen atoms in total. The Kier molecular flexibility index (Phi) is 5.57. The molecule has 0 bridgehead atoms. The lowest BCUT2D eigenvalue weighted by Gasteiger charge is -2.07. The topological polar surface area (TPSA) is 76.9 Å². The second-order valence-electron chi connectivity index (χ2n) is 4.41. The SMILES string of the molecule is Oc1cc(/C=N/NC(=S)NCc2ccccc2)cc(Cl)c1O. The first-order valence-electron chi connectivity index (χ1n) is 6.38. The number of rotatable bonds is 4. The Labute approximate surface area is 138 Å². The van der Waals surface area contributed by atoms with Gasteiger partial charge < -0.3 is 15.5 Å². The van der Waals surface area contributed by atoms with Crippen molar-refractivity contribution in [2.45, 2.75) is 6.54 Å². The van der Waals surface area contributed by atoms with E-state index < -0.39 is 0 Å². The van der Waals surface area contributed by atoms with E-state index in [1.165, 1.54) is 18.3 Å². The van der Waals surface area contributed by atoms with Crippen molar-refractivity contribution in [3.63, 3.8) is 0 Å². The summed E-state index contributed by atoms with van der Waals surface area (Å²) in [5.41, 5.74) is 4.29. The summed E-state index contributed by atoms with van der Waals surface area (Å²) in [6.45, 7) is 0.591. The molecule has 114 valence electrons. The summed E-state index contributed by atoms with van der Waals surface area (Å²) in [6.07, 6.45) is 1.43. The van der Waals surface area contributed by atoms with Crippen molar-refractivity contribution < 1.29 is 10.2 Å². The van der Waals surface area contributed by atoms with Crippen LogP contribution >= 0.6 is 23.8 Å². The van der Waals surface area contributed by atoms with Crippen LogP contribution in [-0.2, 0) is 6.54 Å². The van der Waals surface area contributed by atoms with Crippen LogP contribution in [-0.4, -0.2) is 21.5 Å². The molecule has 2 aromatic rings. The van der Waals surface area contributed by atoms with E-state index in [9.17, 15) is 10.2 Å². The van der Waals surface area contributed by atoms with Gasteiger partial charge in [0.15, 0.2) is 16.6 Å². The molecule has 0 radical (unpaired) electrons. The van der Waals surface area contributed by atoms with Crippen LogP contribution in [0.4, 0.5) is 0 Å². The lowest BCUT2D eigenvalue weighted by atomic mass is 10.2. The van der Waals surface area contributed by atoms with E-state index in [-0.39, 0.29) is 16.5 Å². The van der Waals surface area contributed by atoms with Gasteiger partial charge in [0, 0.05) is 6.54 Å². The van der Waals surface area contributed by atoms with Crippen molar-refractivity contribution in [2.24, 2.45) is 5.10 Å². The highest BCUT2D eigenvalue weighted by Gasteiger charge is 2.05. The number of benzene rings is 2. The number of nitrogens with zero attached hydrogens (tertiary/aromatic N) is 1. The largest absolute Gasteiger partial charge is 0.504 e. The summed E-state index contributed by atoms with van der Waals surface area (Å²) in [7, 11) is 0. The zero-order valence-corrected chi connectivity index (χ0v) is 13.0. The standard InChI is InChI=1S/C15H14ClN3O2S/c16-12-6-11(7-13(20)14(12)21)9-18-19-15(22)17-8-10-4-2-1-3-5-10/h1-7,9,20-21H,8H2,(H2,17,19,22)/b18-9+. The summed E-state index contributed by atoms with van der Waals surface area (Å²) in [5.74, 6) is -0.662. The lowest BCUT2D eigenvalue weighted by Crippen LogP contribution is -2.31. The van der Waals surface area contributed by atoms with Gasteiger partial charge in [0.1, 0.15) is 0 Å². The fourth-order valence-electron chi connectivity index (χ4n) is 1.66. The van der Waals surface area contributed by atoms with Crippen LogP contribution in [0.2, 0.25) is 5.02 Å². The van der Waals surface area contributed by atoms with Gasteiger partial charge >= 0.3 is 0 Å². The molecule has 0 unspecified atom stereocenters. The molecule has 0 fully saturated rings. The van der Waals surface area contributed by atoms with E-state index in [1.54, 1.807) is 0 Å². The smallest absolute Gasteiger partial charge is 0.187 e. The van der Waals surface area contributed by atoms with Gasteiger partial charge in [-0.15, -0.1) is 0 Å². The zero-order valence-electron chi connectivity index (χ0n) is 11.5. The summed E-state index contributed by atoms with van der Waals surface area (Å²) in [5, 5.41) is 26.2. The number of nitrogens with one attached hydrogen (secondary N) is 2. The summed E-state index contributed by atoms with van der Waals surface area (Å²) < 4.78 is 0. The summed E-state index contributed by atoms with van der Waals surface area (Å²) >= 11 is 10.8. The van der Waals surface area contributed by atoms with Crippen LogP contribution in [0.15, 0.2) is 47.6 Å². The number of thiocarbonyl (C=S) groups is 1. The molecule has 0 amide bonds. The third-order valence-corrected chi connectivity index (χ3v) is 3.26. The average Bonchev–Trinajstić information content (AvgIpc) is 2.51. The van der Waals surface area contributed by atoms with Crippen LogP contribution in [0.5, 0.6) is 11.5 Å². The van der Waals surface area contributed by atoms with Crippen molar-refractivity contribution in [3.8, 4) is 11.5 Å². The molecule has 2 aromatic carbocycles. The molecule has 0 heterocycles. The van der Waals surface area contributed by atoms with Gasteiger partial charge in [-0.25, -0.2) is 0 Å². The van der Waals surface area contributed by atoms with Gasteiger partial charge in [-0.3, -0.25) is 5.43 Å². The molecule has 0 saturated carbocycles. The lowest BCUT2D eigenvalue weighted by molar-refractivity contribution is 0.404. The Bertz CT molecular complexity index is 669.